The van der Waals surface area contributed by atoms with Gasteiger partial charge in [-0.1, -0.05) is 23.4 Å². The minimum absolute atomic E-state index is 0.121. The van der Waals surface area contributed by atoms with Crippen LogP contribution in [0.1, 0.15) is 72.6 Å². The topological polar surface area (TPSA) is 64.2 Å². The van der Waals surface area contributed by atoms with Crippen molar-refractivity contribution in [2.75, 3.05) is 18.8 Å². The number of allylic oxidation sites excluding steroid dienone is 2. The van der Waals surface area contributed by atoms with Crippen molar-refractivity contribution in [2.45, 2.75) is 77.1 Å². The Kier molecular flexibility index (Phi) is 7.10. The summed E-state index contributed by atoms with van der Waals surface area (Å²) in [6.07, 6.45) is 11.0. The van der Waals surface area contributed by atoms with Crippen LogP contribution in [-0.4, -0.2) is 44.3 Å². The molecule has 0 aromatic carbocycles. The maximum absolute atomic E-state index is 12.9. The molecule has 2 aliphatic rings. The molecule has 2 aromatic heterocycles. The molecule has 0 bridgehead atoms. The first-order chi connectivity index (χ1) is 14.6. The number of carbonyl (C=O) groups is 1. The summed E-state index contributed by atoms with van der Waals surface area (Å²) in [4.78, 5) is 15.2. The summed E-state index contributed by atoms with van der Waals surface area (Å²) in [5, 5.41) is 8.72. The first-order valence-corrected chi connectivity index (χ1v) is 12.1. The predicted octanol–water partition coefficient (Wildman–Crippen LogP) is 4.95. The lowest BCUT2D eigenvalue weighted by Crippen LogP contribution is -2.18. The van der Waals surface area contributed by atoms with Crippen molar-refractivity contribution in [2.24, 2.45) is 0 Å². The van der Waals surface area contributed by atoms with Gasteiger partial charge in [0.05, 0.1) is 12.3 Å². The lowest BCUT2D eigenvalue weighted by atomic mass is 9.97. The highest BCUT2D eigenvalue weighted by molar-refractivity contribution is 7.99. The van der Waals surface area contributed by atoms with E-state index in [0.29, 0.717) is 23.4 Å². The second-order valence-electron chi connectivity index (χ2n) is 8.45. The number of nitrogens with zero attached hydrogens (tertiary/aromatic N) is 4. The van der Waals surface area contributed by atoms with Gasteiger partial charge in [0.2, 0.25) is 5.89 Å². The molecule has 162 valence electrons. The first kappa shape index (κ1) is 21.4. The van der Waals surface area contributed by atoms with Crippen molar-refractivity contribution in [3.63, 3.8) is 0 Å². The Morgan fingerprint density at radius 1 is 1.17 bits per heavy atom. The SMILES string of the molecule is Cc1cc(C(=O)CSc2nnc(CN3CCCC3)o2)c(C)n1CCC1=CCCCC1. The second kappa shape index (κ2) is 9.96. The molecule has 2 aromatic rings. The molecule has 0 unspecified atom stereocenters. The number of hydrogen-bond acceptors (Lipinski definition) is 6. The van der Waals surface area contributed by atoms with Crippen molar-refractivity contribution in [3.05, 3.63) is 40.6 Å². The van der Waals surface area contributed by atoms with Crippen LogP contribution in [0.2, 0.25) is 0 Å². The molecule has 0 amide bonds. The standard InChI is InChI=1S/C23H32N4O2S/c1-17-14-20(18(2)27(17)13-10-19-8-4-3-5-9-19)21(28)16-30-23-25-24-22(29-23)15-26-11-6-7-12-26/h8,14H,3-7,9-13,15-16H2,1-2H3. The lowest BCUT2D eigenvalue weighted by molar-refractivity contribution is 0.102. The van der Waals surface area contributed by atoms with Crippen LogP contribution >= 0.6 is 11.8 Å². The van der Waals surface area contributed by atoms with Crippen LogP contribution in [-0.2, 0) is 13.1 Å². The Bertz CT molecular complexity index is 908. The lowest BCUT2D eigenvalue weighted by Gasteiger charge is -2.15. The molecule has 1 aliphatic carbocycles. The molecule has 1 saturated heterocycles. The monoisotopic (exact) mass is 428 g/mol. The van der Waals surface area contributed by atoms with Crippen LogP contribution in [0.15, 0.2) is 27.4 Å². The number of aryl methyl sites for hydroxylation is 1. The molecule has 4 rings (SSSR count). The number of ketones is 1. The minimum Gasteiger partial charge on any atom is -0.415 e. The number of thioether (sulfide) groups is 1. The summed E-state index contributed by atoms with van der Waals surface area (Å²) >= 11 is 1.34. The van der Waals surface area contributed by atoms with E-state index in [1.807, 2.05) is 6.07 Å². The molecule has 0 atom stereocenters. The molecule has 1 aliphatic heterocycles. The summed E-state index contributed by atoms with van der Waals surface area (Å²) in [7, 11) is 0. The van der Waals surface area contributed by atoms with Crippen molar-refractivity contribution >= 4 is 17.5 Å². The summed E-state index contributed by atoms with van der Waals surface area (Å²) in [5.41, 5.74) is 4.60. The number of aromatic nitrogens is 3. The van der Waals surface area contributed by atoms with Gasteiger partial charge in [-0.25, -0.2) is 0 Å². The van der Waals surface area contributed by atoms with Gasteiger partial charge in [0.15, 0.2) is 5.78 Å². The quantitative estimate of drug-likeness (QED) is 0.320. The van der Waals surface area contributed by atoms with Gasteiger partial charge in [-0.15, -0.1) is 10.2 Å². The average molecular weight is 429 g/mol. The Morgan fingerprint density at radius 2 is 2.00 bits per heavy atom. The van der Waals surface area contributed by atoms with E-state index in [4.69, 9.17) is 4.42 Å². The smallest absolute Gasteiger partial charge is 0.277 e. The Labute approximate surface area is 183 Å². The highest BCUT2D eigenvalue weighted by Crippen LogP contribution is 2.25. The van der Waals surface area contributed by atoms with Gasteiger partial charge in [-0.2, -0.15) is 0 Å². The van der Waals surface area contributed by atoms with Crippen molar-refractivity contribution in [1.29, 1.82) is 0 Å². The van der Waals surface area contributed by atoms with Crippen molar-refractivity contribution in [3.8, 4) is 0 Å². The average Bonchev–Trinajstić information content (AvgIpc) is 3.48. The minimum atomic E-state index is 0.121. The van der Waals surface area contributed by atoms with E-state index < -0.39 is 0 Å². The van der Waals surface area contributed by atoms with Crippen LogP contribution < -0.4 is 0 Å². The van der Waals surface area contributed by atoms with E-state index in [0.717, 1.165) is 43.0 Å². The number of likely N-dealkylation sites (tertiary alicyclic amines) is 1. The van der Waals surface area contributed by atoms with E-state index in [2.05, 4.69) is 39.6 Å². The Morgan fingerprint density at radius 3 is 2.77 bits per heavy atom. The molecule has 1 fully saturated rings. The molecular formula is C23H32N4O2S. The Balaban J connectivity index is 1.32. The zero-order valence-corrected chi connectivity index (χ0v) is 19.0. The summed E-state index contributed by atoms with van der Waals surface area (Å²) < 4.78 is 8.02. The normalized spacial score (nSPS) is 17.5. The zero-order chi connectivity index (χ0) is 20.9. The van der Waals surface area contributed by atoms with Gasteiger partial charge in [-0.05, 0) is 77.9 Å². The third kappa shape index (κ3) is 5.24. The molecule has 0 saturated carbocycles. The third-order valence-electron chi connectivity index (χ3n) is 6.25. The number of carbonyl (C=O) groups excluding carboxylic acids is 1. The summed E-state index contributed by atoms with van der Waals surface area (Å²) in [6.45, 7) is 7.99. The van der Waals surface area contributed by atoms with Gasteiger partial charge in [-0.3, -0.25) is 9.69 Å². The molecule has 7 heteroatoms. The number of hydrogen-bond donors (Lipinski definition) is 0. The van der Waals surface area contributed by atoms with Gasteiger partial charge >= 0.3 is 0 Å². The van der Waals surface area contributed by atoms with Crippen LogP contribution in [0.4, 0.5) is 0 Å². The molecule has 0 spiro atoms. The van der Waals surface area contributed by atoms with E-state index in [9.17, 15) is 4.79 Å². The van der Waals surface area contributed by atoms with Crippen LogP contribution in [0.3, 0.4) is 0 Å². The van der Waals surface area contributed by atoms with Crippen molar-refractivity contribution < 1.29 is 9.21 Å². The maximum Gasteiger partial charge on any atom is 0.277 e. The predicted molar refractivity (Wildman–Crippen MR) is 119 cm³/mol. The highest BCUT2D eigenvalue weighted by Gasteiger charge is 2.19. The van der Waals surface area contributed by atoms with Gasteiger partial charge in [0.1, 0.15) is 0 Å². The second-order valence-corrected chi connectivity index (χ2v) is 9.38. The fourth-order valence-electron chi connectivity index (χ4n) is 4.51. The highest BCUT2D eigenvalue weighted by atomic mass is 32.2. The fraction of sp³-hybridized carbons (Fsp3) is 0.609. The van der Waals surface area contributed by atoms with Crippen LogP contribution in [0.5, 0.6) is 0 Å². The van der Waals surface area contributed by atoms with Gasteiger partial charge < -0.3 is 8.98 Å². The summed E-state index contributed by atoms with van der Waals surface area (Å²) in [5.74, 6) is 1.08. The molecular weight excluding hydrogens is 396 g/mol. The van der Waals surface area contributed by atoms with Crippen LogP contribution in [0, 0.1) is 13.8 Å². The number of Topliss-reactive ketones (excluding diaryl/α,β-unsaturated/α-hetero) is 1. The van der Waals surface area contributed by atoms with E-state index >= 15 is 0 Å². The molecule has 6 nitrogen and oxygen atoms in total. The molecule has 0 N–H and O–H groups in total. The van der Waals surface area contributed by atoms with E-state index in [1.54, 1.807) is 5.57 Å². The zero-order valence-electron chi connectivity index (χ0n) is 18.2. The van der Waals surface area contributed by atoms with Gasteiger partial charge in [0, 0.05) is 23.5 Å². The molecule has 0 radical (unpaired) electrons. The Hall–Kier alpha value is -1.86. The first-order valence-electron chi connectivity index (χ1n) is 11.2. The van der Waals surface area contributed by atoms with E-state index in [-0.39, 0.29) is 5.78 Å². The summed E-state index contributed by atoms with van der Waals surface area (Å²) in [6, 6.07) is 2.03. The van der Waals surface area contributed by atoms with E-state index in [1.165, 1.54) is 50.3 Å². The van der Waals surface area contributed by atoms with Gasteiger partial charge in [0.25, 0.3) is 5.22 Å². The fourth-order valence-corrected chi connectivity index (χ4v) is 5.18. The third-order valence-corrected chi connectivity index (χ3v) is 7.07. The van der Waals surface area contributed by atoms with Crippen molar-refractivity contribution in [1.82, 2.24) is 19.7 Å². The molecule has 30 heavy (non-hydrogen) atoms. The largest absolute Gasteiger partial charge is 0.415 e. The number of rotatable bonds is 9. The van der Waals surface area contributed by atoms with Crippen LogP contribution in [0.25, 0.3) is 0 Å². The molecule has 3 heterocycles. The maximum atomic E-state index is 12.9.